The topological polar surface area (TPSA) is 65.7 Å². The van der Waals surface area contributed by atoms with E-state index in [4.69, 9.17) is 13.9 Å². The number of rotatable bonds is 5. The fourth-order valence-corrected chi connectivity index (χ4v) is 3.81. The van der Waals surface area contributed by atoms with Crippen LogP contribution < -0.4 is 15.1 Å². The van der Waals surface area contributed by atoms with E-state index in [2.05, 4.69) is 0 Å². The molecule has 0 unspecified atom stereocenters. The van der Waals surface area contributed by atoms with Crippen molar-refractivity contribution in [1.82, 2.24) is 0 Å². The second kappa shape index (κ2) is 7.50. The summed E-state index contributed by atoms with van der Waals surface area (Å²) in [5.41, 5.74) is 2.35. The molecule has 0 saturated heterocycles. The Morgan fingerprint density at radius 2 is 1.75 bits per heavy atom. The summed E-state index contributed by atoms with van der Waals surface area (Å²) in [5.74, 6) is 0.571. The van der Waals surface area contributed by atoms with Gasteiger partial charge in [-0.2, -0.15) is 0 Å². The Morgan fingerprint density at radius 3 is 2.46 bits per heavy atom. The molecule has 0 saturated carbocycles. The molecule has 3 aromatic rings. The van der Waals surface area contributed by atoms with Gasteiger partial charge >= 0.3 is 5.63 Å². The third-order valence-electron chi connectivity index (χ3n) is 5.25. The second-order valence-corrected chi connectivity index (χ2v) is 7.02. The molecule has 1 aliphatic carbocycles. The number of fused-ring (bicyclic) bond motifs is 3. The minimum absolute atomic E-state index is 0.153. The van der Waals surface area contributed by atoms with E-state index in [0.29, 0.717) is 22.6 Å². The van der Waals surface area contributed by atoms with E-state index < -0.39 is 6.10 Å². The van der Waals surface area contributed by atoms with E-state index >= 15 is 0 Å². The first-order chi connectivity index (χ1) is 13.6. The molecule has 0 radical (unpaired) electrons. The number of methoxy groups -OCH3 is 1. The first-order valence-electron chi connectivity index (χ1n) is 9.51. The van der Waals surface area contributed by atoms with E-state index in [1.165, 1.54) is 7.11 Å². The quantitative estimate of drug-likeness (QED) is 0.488. The van der Waals surface area contributed by atoms with Crippen LogP contribution in [0.15, 0.2) is 51.7 Å². The molecular formula is C23H22O5. The van der Waals surface area contributed by atoms with E-state index in [1.54, 1.807) is 25.1 Å². The van der Waals surface area contributed by atoms with Gasteiger partial charge in [0, 0.05) is 16.5 Å². The van der Waals surface area contributed by atoms with Crippen molar-refractivity contribution in [2.24, 2.45) is 0 Å². The first kappa shape index (κ1) is 18.3. The zero-order chi connectivity index (χ0) is 19.7. The number of hydrogen-bond acceptors (Lipinski definition) is 5. The van der Waals surface area contributed by atoms with Gasteiger partial charge in [0.1, 0.15) is 0 Å². The summed E-state index contributed by atoms with van der Waals surface area (Å²) < 4.78 is 17.1. The van der Waals surface area contributed by atoms with Crippen LogP contribution in [-0.4, -0.2) is 19.0 Å². The molecule has 1 heterocycles. The van der Waals surface area contributed by atoms with Crippen molar-refractivity contribution >= 4 is 16.8 Å². The molecule has 1 atom stereocenters. The number of benzene rings is 2. The van der Waals surface area contributed by atoms with Gasteiger partial charge in [0.15, 0.2) is 17.4 Å². The fraction of sp³-hybridized carbons (Fsp3) is 0.304. The number of Topliss-reactive ketones (excluding diaryl/α,β-unsaturated/α-hetero) is 1. The van der Waals surface area contributed by atoms with Crippen molar-refractivity contribution in [2.75, 3.05) is 7.11 Å². The molecule has 4 rings (SSSR count). The smallest absolute Gasteiger partial charge is 0.339 e. The van der Waals surface area contributed by atoms with Gasteiger partial charge in [0.25, 0.3) is 0 Å². The predicted octanol–water partition coefficient (Wildman–Crippen LogP) is 4.33. The number of ether oxygens (including phenoxy) is 2. The molecule has 1 aliphatic rings. The average Bonchev–Trinajstić information content (AvgIpc) is 2.74. The van der Waals surface area contributed by atoms with Crippen molar-refractivity contribution in [2.45, 2.75) is 38.7 Å². The largest absolute Gasteiger partial charge is 0.493 e. The van der Waals surface area contributed by atoms with E-state index in [1.807, 2.05) is 24.3 Å². The third kappa shape index (κ3) is 3.17. The standard InChI is InChI=1S/C23H22O5/c1-14(20(24)15-8-4-3-5-9-15)27-22-19(26-2)13-12-17-16-10-6-7-11-18(16)23(25)28-21(17)22/h3-5,8-9,12-14H,6-7,10-11H2,1-2H3/t14-/m0/s1. The Labute approximate surface area is 162 Å². The zero-order valence-corrected chi connectivity index (χ0v) is 16.0. The van der Waals surface area contributed by atoms with Crippen molar-refractivity contribution < 1.29 is 18.7 Å². The van der Waals surface area contributed by atoms with Gasteiger partial charge < -0.3 is 13.9 Å². The Bertz CT molecular complexity index is 1080. The molecule has 0 spiro atoms. The molecule has 2 aromatic carbocycles. The SMILES string of the molecule is COc1ccc2c3c(c(=O)oc2c1O[C@@H](C)C(=O)c1ccccc1)CCCC3. The maximum atomic E-state index is 12.7. The van der Waals surface area contributed by atoms with Crippen LogP contribution in [0.4, 0.5) is 0 Å². The van der Waals surface area contributed by atoms with E-state index in [0.717, 1.165) is 42.2 Å². The minimum atomic E-state index is -0.761. The monoisotopic (exact) mass is 378 g/mol. The Balaban J connectivity index is 1.80. The van der Waals surface area contributed by atoms with E-state index in [-0.39, 0.29) is 11.4 Å². The summed E-state index contributed by atoms with van der Waals surface area (Å²) in [7, 11) is 1.52. The van der Waals surface area contributed by atoms with Crippen LogP contribution in [0, 0.1) is 0 Å². The molecular weight excluding hydrogens is 356 g/mol. The summed E-state index contributed by atoms with van der Waals surface area (Å²) in [6, 6.07) is 12.7. The lowest BCUT2D eigenvalue weighted by molar-refractivity contribution is 0.0814. The molecule has 0 fully saturated rings. The van der Waals surface area contributed by atoms with Crippen LogP contribution >= 0.6 is 0 Å². The van der Waals surface area contributed by atoms with Crippen LogP contribution in [0.25, 0.3) is 11.0 Å². The number of ketones is 1. The molecule has 1 aromatic heterocycles. The lowest BCUT2D eigenvalue weighted by atomic mass is 9.90. The predicted molar refractivity (Wildman–Crippen MR) is 107 cm³/mol. The normalized spacial score (nSPS) is 14.4. The summed E-state index contributed by atoms with van der Waals surface area (Å²) in [4.78, 5) is 25.3. The van der Waals surface area contributed by atoms with Gasteiger partial charge in [0.2, 0.25) is 11.5 Å². The molecule has 5 nitrogen and oxygen atoms in total. The highest BCUT2D eigenvalue weighted by molar-refractivity contribution is 5.99. The van der Waals surface area contributed by atoms with Crippen LogP contribution in [0.2, 0.25) is 0 Å². The zero-order valence-electron chi connectivity index (χ0n) is 16.0. The maximum absolute atomic E-state index is 12.7. The Hall–Kier alpha value is -3.08. The lowest BCUT2D eigenvalue weighted by Gasteiger charge is -2.20. The van der Waals surface area contributed by atoms with Crippen LogP contribution in [-0.2, 0) is 12.8 Å². The molecule has 0 amide bonds. The number of hydrogen-bond donors (Lipinski definition) is 0. The molecule has 28 heavy (non-hydrogen) atoms. The first-order valence-corrected chi connectivity index (χ1v) is 9.51. The van der Waals surface area contributed by atoms with Crippen molar-refractivity contribution in [3.8, 4) is 11.5 Å². The molecule has 5 heteroatoms. The highest BCUT2D eigenvalue weighted by Gasteiger charge is 2.25. The average molecular weight is 378 g/mol. The third-order valence-corrected chi connectivity index (χ3v) is 5.25. The molecule has 144 valence electrons. The van der Waals surface area contributed by atoms with Crippen LogP contribution in [0.1, 0.15) is 41.3 Å². The van der Waals surface area contributed by atoms with Gasteiger partial charge in [-0.3, -0.25) is 4.79 Å². The maximum Gasteiger partial charge on any atom is 0.339 e. The fourth-order valence-electron chi connectivity index (χ4n) is 3.81. The van der Waals surface area contributed by atoms with Crippen LogP contribution in [0.3, 0.4) is 0 Å². The van der Waals surface area contributed by atoms with Gasteiger partial charge in [-0.05, 0) is 50.3 Å². The summed E-state index contributed by atoms with van der Waals surface area (Å²) >= 11 is 0. The van der Waals surface area contributed by atoms with Gasteiger partial charge in [-0.25, -0.2) is 4.79 Å². The highest BCUT2D eigenvalue weighted by Crippen LogP contribution is 2.39. The lowest BCUT2D eigenvalue weighted by Crippen LogP contribution is -2.24. The Morgan fingerprint density at radius 1 is 1.04 bits per heavy atom. The van der Waals surface area contributed by atoms with E-state index in [9.17, 15) is 9.59 Å². The number of carbonyl (C=O) groups is 1. The van der Waals surface area contributed by atoms with Crippen LogP contribution in [0.5, 0.6) is 11.5 Å². The molecule has 0 aliphatic heterocycles. The second-order valence-electron chi connectivity index (χ2n) is 7.02. The molecule has 0 N–H and O–H groups in total. The number of carbonyl (C=O) groups excluding carboxylic acids is 1. The van der Waals surface area contributed by atoms with Crippen molar-refractivity contribution in [3.05, 3.63) is 69.6 Å². The van der Waals surface area contributed by atoms with Crippen molar-refractivity contribution in [3.63, 3.8) is 0 Å². The van der Waals surface area contributed by atoms with Gasteiger partial charge in [0.05, 0.1) is 7.11 Å². The van der Waals surface area contributed by atoms with Crippen molar-refractivity contribution in [1.29, 1.82) is 0 Å². The molecule has 0 bridgehead atoms. The van der Waals surface area contributed by atoms with Gasteiger partial charge in [-0.1, -0.05) is 30.3 Å². The summed E-state index contributed by atoms with van der Waals surface area (Å²) in [6.45, 7) is 1.68. The summed E-state index contributed by atoms with van der Waals surface area (Å²) in [5, 5.41) is 0.851. The minimum Gasteiger partial charge on any atom is -0.493 e. The Kier molecular flexibility index (Phi) is 4.90. The van der Waals surface area contributed by atoms with Gasteiger partial charge in [-0.15, -0.1) is 0 Å². The number of aryl methyl sites for hydroxylation is 1. The highest BCUT2D eigenvalue weighted by atomic mass is 16.5. The summed E-state index contributed by atoms with van der Waals surface area (Å²) in [6.07, 6.45) is 2.84.